The lowest BCUT2D eigenvalue weighted by atomic mass is 9.88. The average molecular weight is 224 g/mol. The van der Waals surface area contributed by atoms with Crippen LogP contribution in [0.25, 0.3) is 0 Å². The van der Waals surface area contributed by atoms with E-state index in [1.807, 2.05) is 0 Å². The van der Waals surface area contributed by atoms with Gasteiger partial charge in [-0.3, -0.25) is 4.79 Å². The van der Waals surface area contributed by atoms with Crippen molar-refractivity contribution in [1.29, 1.82) is 0 Å². The molecule has 2 aliphatic heterocycles. The number of hydrogen-bond donors (Lipinski definition) is 0. The van der Waals surface area contributed by atoms with Crippen LogP contribution in [0.1, 0.15) is 38.5 Å². The summed E-state index contributed by atoms with van der Waals surface area (Å²) < 4.78 is 10.7. The second-order valence-electron chi connectivity index (χ2n) is 5.20. The molecule has 1 saturated carbocycles. The van der Waals surface area contributed by atoms with Crippen LogP contribution in [0.15, 0.2) is 0 Å². The Morgan fingerprint density at radius 2 is 2.31 bits per heavy atom. The Kier molecular flexibility index (Phi) is 1.97. The van der Waals surface area contributed by atoms with Crippen molar-refractivity contribution in [2.75, 3.05) is 7.11 Å². The highest BCUT2D eigenvalue weighted by molar-refractivity contribution is 6.08. The molecule has 0 radical (unpaired) electrons. The molecule has 2 saturated heterocycles. The maximum Gasteiger partial charge on any atom is 0.346 e. The third-order valence-corrected chi connectivity index (χ3v) is 4.55. The average Bonchev–Trinajstić information content (AvgIpc) is 2.76. The Morgan fingerprint density at radius 3 is 3.06 bits per heavy atom. The van der Waals surface area contributed by atoms with Crippen LogP contribution in [0.4, 0.5) is 0 Å². The van der Waals surface area contributed by atoms with Gasteiger partial charge in [0.25, 0.3) is 0 Å². The molecule has 3 unspecified atom stereocenters. The quantitative estimate of drug-likeness (QED) is 0.496. The summed E-state index contributed by atoms with van der Waals surface area (Å²) in [5, 5.41) is 0. The molecule has 3 fully saturated rings. The molecule has 16 heavy (non-hydrogen) atoms. The minimum atomic E-state index is -1.25. The highest BCUT2D eigenvalue weighted by Gasteiger charge is 2.67. The summed E-state index contributed by atoms with van der Waals surface area (Å²) in [6, 6.07) is 0. The van der Waals surface area contributed by atoms with Crippen LogP contribution in [0.5, 0.6) is 0 Å². The number of rotatable bonds is 1. The zero-order chi connectivity index (χ0) is 11.4. The standard InChI is InChI=1S/C12H16O4/c1-15-10(14)12-7-8-3-2-5-11(8,16-12)6-4-9(12)13/h8H,2-7H2,1H3. The number of fused-ring (bicyclic) bond motifs is 1. The largest absolute Gasteiger partial charge is 0.467 e. The molecule has 0 aromatic rings. The van der Waals surface area contributed by atoms with Crippen LogP contribution in [0.2, 0.25) is 0 Å². The van der Waals surface area contributed by atoms with Crippen molar-refractivity contribution < 1.29 is 19.1 Å². The molecule has 88 valence electrons. The maximum absolute atomic E-state index is 12.0. The van der Waals surface area contributed by atoms with Gasteiger partial charge in [-0.2, -0.15) is 0 Å². The first-order valence-electron chi connectivity index (χ1n) is 5.95. The molecule has 0 amide bonds. The molecule has 4 heteroatoms. The van der Waals surface area contributed by atoms with E-state index in [1.54, 1.807) is 0 Å². The Morgan fingerprint density at radius 1 is 1.50 bits per heavy atom. The van der Waals surface area contributed by atoms with Gasteiger partial charge in [-0.05, 0) is 25.2 Å². The van der Waals surface area contributed by atoms with E-state index in [2.05, 4.69) is 0 Å². The van der Waals surface area contributed by atoms with Gasteiger partial charge in [0, 0.05) is 12.8 Å². The number of Topliss-reactive ketones (excluding diaryl/α,β-unsaturated/α-hetero) is 1. The topological polar surface area (TPSA) is 52.6 Å². The molecular formula is C12H16O4. The number of carbonyl (C=O) groups is 2. The molecule has 1 spiro atoms. The van der Waals surface area contributed by atoms with E-state index in [0.717, 1.165) is 25.7 Å². The highest BCUT2D eigenvalue weighted by Crippen LogP contribution is 2.57. The summed E-state index contributed by atoms with van der Waals surface area (Å²) in [7, 11) is 1.32. The molecule has 0 N–H and O–H groups in total. The maximum atomic E-state index is 12.0. The number of carbonyl (C=O) groups excluding carboxylic acids is 2. The van der Waals surface area contributed by atoms with Gasteiger partial charge < -0.3 is 9.47 Å². The van der Waals surface area contributed by atoms with Crippen molar-refractivity contribution in [3.8, 4) is 0 Å². The van der Waals surface area contributed by atoms with Gasteiger partial charge in [0.2, 0.25) is 5.60 Å². The molecule has 1 aliphatic carbocycles. The number of esters is 1. The highest BCUT2D eigenvalue weighted by atomic mass is 16.6. The summed E-state index contributed by atoms with van der Waals surface area (Å²) in [5.74, 6) is -0.205. The summed E-state index contributed by atoms with van der Waals surface area (Å²) >= 11 is 0. The molecule has 0 aromatic carbocycles. The van der Waals surface area contributed by atoms with Crippen LogP contribution in [-0.4, -0.2) is 30.1 Å². The molecule has 2 heterocycles. The van der Waals surface area contributed by atoms with Gasteiger partial charge in [0.15, 0.2) is 5.78 Å². The predicted octanol–water partition coefficient (Wildman–Crippen LogP) is 1.22. The second-order valence-corrected chi connectivity index (χ2v) is 5.20. The fraction of sp³-hybridized carbons (Fsp3) is 0.833. The minimum absolute atomic E-state index is 0.0839. The Balaban J connectivity index is 2.00. The molecule has 4 nitrogen and oxygen atoms in total. The molecule has 0 aromatic heterocycles. The van der Waals surface area contributed by atoms with E-state index in [9.17, 15) is 9.59 Å². The number of methoxy groups -OCH3 is 1. The molecule has 3 rings (SSSR count). The SMILES string of the molecule is COC(=O)C12CC3CCCC3(CCC1=O)O2. The number of ketones is 1. The summed E-state index contributed by atoms with van der Waals surface area (Å²) in [4.78, 5) is 23.8. The fourth-order valence-electron chi connectivity index (χ4n) is 3.75. The van der Waals surface area contributed by atoms with E-state index < -0.39 is 11.6 Å². The first kappa shape index (κ1) is 10.3. The van der Waals surface area contributed by atoms with Gasteiger partial charge in [-0.15, -0.1) is 0 Å². The Hall–Kier alpha value is -0.900. The second kappa shape index (κ2) is 3.06. The summed E-state index contributed by atoms with van der Waals surface area (Å²) in [6.45, 7) is 0. The smallest absolute Gasteiger partial charge is 0.346 e. The molecule has 3 atom stereocenters. The van der Waals surface area contributed by atoms with E-state index in [0.29, 0.717) is 18.8 Å². The lowest BCUT2D eigenvalue weighted by Crippen LogP contribution is -2.52. The van der Waals surface area contributed by atoms with Crippen LogP contribution in [0.3, 0.4) is 0 Å². The van der Waals surface area contributed by atoms with Gasteiger partial charge in [0.1, 0.15) is 0 Å². The predicted molar refractivity (Wildman–Crippen MR) is 54.8 cm³/mol. The summed E-state index contributed by atoms with van der Waals surface area (Å²) in [5.41, 5.74) is -1.44. The Labute approximate surface area is 94.3 Å². The monoisotopic (exact) mass is 224 g/mol. The first-order valence-corrected chi connectivity index (χ1v) is 5.95. The van der Waals surface area contributed by atoms with E-state index in [4.69, 9.17) is 9.47 Å². The zero-order valence-electron chi connectivity index (χ0n) is 9.45. The third kappa shape index (κ3) is 1.03. The van der Waals surface area contributed by atoms with Gasteiger partial charge in [-0.1, -0.05) is 6.42 Å². The van der Waals surface area contributed by atoms with Gasteiger partial charge >= 0.3 is 5.97 Å². The molecule has 3 aliphatic rings. The van der Waals surface area contributed by atoms with Crippen LogP contribution >= 0.6 is 0 Å². The van der Waals surface area contributed by atoms with Crippen molar-refractivity contribution >= 4 is 11.8 Å². The van der Waals surface area contributed by atoms with Crippen LogP contribution < -0.4 is 0 Å². The third-order valence-electron chi connectivity index (χ3n) is 4.55. The van der Waals surface area contributed by atoms with Crippen molar-refractivity contribution in [2.45, 2.75) is 49.7 Å². The van der Waals surface area contributed by atoms with Crippen LogP contribution in [0, 0.1) is 5.92 Å². The fourth-order valence-corrected chi connectivity index (χ4v) is 3.75. The zero-order valence-corrected chi connectivity index (χ0v) is 9.45. The van der Waals surface area contributed by atoms with Crippen LogP contribution in [-0.2, 0) is 19.1 Å². The van der Waals surface area contributed by atoms with Crippen molar-refractivity contribution in [3.05, 3.63) is 0 Å². The molecular weight excluding hydrogens is 208 g/mol. The van der Waals surface area contributed by atoms with E-state index >= 15 is 0 Å². The van der Waals surface area contributed by atoms with Crippen molar-refractivity contribution in [2.24, 2.45) is 5.92 Å². The molecule has 2 bridgehead atoms. The van der Waals surface area contributed by atoms with E-state index in [1.165, 1.54) is 7.11 Å². The summed E-state index contributed by atoms with van der Waals surface area (Å²) in [6.07, 6.45) is 5.01. The van der Waals surface area contributed by atoms with Crippen molar-refractivity contribution in [1.82, 2.24) is 0 Å². The van der Waals surface area contributed by atoms with Crippen molar-refractivity contribution in [3.63, 3.8) is 0 Å². The number of hydrogen-bond acceptors (Lipinski definition) is 4. The normalized spacial score (nSPS) is 45.6. The van der Waals surface area contributed by atoms with Gasteiger partial charge in [0.05, 0.1) is 12.7 Å². The first-order chi connectivity index (χ1) is 7.63. The van der Waals surface area contributed by atoms with Gasteiger partial charge in [-0.25, -0.2) is 4.79 Å². The minimum Gasteiger partial charge on any atom is -0.467 e. The lowest BCUT2D eigenvalue weighted by Gasteiger charge is -2.36. The Bertz CT molecular complexity index is 354. The number of ether oxygens (including phenoxy) is 2. The lowest BCUT2D eigenvalue weighted by molar-refractivity contribution is -0.191. The van der Waals surface area contributed by atoms with E-state index in [-0.39, 0.29) is 11.4 Å².